The Kier molecular flexibility index (Phi) is 8.87. The van der Waals surface area contributed by atoms with Crippen LogP contribution in [0.5, 0.6) is 0 Å². The van der Waals surface area contributed by atoms with Crippen molar-refractivity contribution in [2.24, 2.45) is 5.16 Å². The van der Waals surface area contributed by atoms with Crippen molar-refractivity contribution < 1.29 is 14.4 Å². The number of hydrogen-bond acceptors (Lipinski definition) is 4. The summed E-state index contributed by atoms with van der Waals surface area (Å²) < 4.78 is 6.12. The first-order valence-corrected chi connectivity index (χ1v) is 12.5. The zero-order valence-corrected chi connectivity index (χ0v) is 21.0. The van der Waals surface area contributed by atoms with Crippen LogP contribution in [-0.4, -0.2) is 11.7 Å². The molecule has 184 valence electrons. The predicted octanol–water partition coefficient (Wildman–Crippen LogP) is 7.61. The highest BCUT2D eigenvalue weighted by Crippen LogP contribution is 2.27. The summed E-state index contributed by atoms with van der Waals surface area (Å²) in [6.45, 7) is 4.40. The number of ether oxygens (including phenoxy) is 1. The third-order valence-corrected chi connectivity index (χ3v) is 6.14. The molecule has 4 nitrogen and oxygen atoms in total. The Labute approximate surface area is 214 Å². The number of hydrogen-bond donors (Lipinski definition) is 0. The Balaban J connectivity index is 1.66. The van der Waals surface area contributed by atoms with Crippen molar-refractivity contribution in [3.63, 3.8) is 0 Å². The molecule has 0 unspecified atom stereocenters. The molecule has 0 aromatic heterocycles. The second-order valence-corrected chi connectivity index (χ2v) is 9.13. The van der Waals surface area contributed by atoms with Gasteiger partial charge >= 0.3 is 5.97 Å². The summed E-state index contributed by atoms with van der Waals surface area (Å²) in [5, 5.41) is 4.45. The van der Waals surface area contributed by atoms with E-state index in [4.69, 9.17) is 9.57 Å². The number of nitrogens with zero attached hydrogens (tertiary/aromatic N) is 1. The normalized spacial score (nSPS) is 19.6. The molecule has 3 aromatic rings. The van der Waals surface area contributed by atoms with E-state index in [0.717, 1.165) is 46.4 Å². The minimum Gasteiger partial charge on any atom is -0.454 e. The Morgan fingerprint density at radius 1 is 0.917 bits per heavy atom. The first-order chi connectivity index (χ1) is 17.6. The molecule has 0 radical (unpaired) electrons. The number of aryl methyl sites for hydroxylation is 2. The Morgan fingerprint density at radius 3 is 2.42 bits per heavy atom. The highest BCUT2D eigenvalue weighted by molar-refractivity contribution is 6.00. The fourth-order valence-corrected chi connectivity index (χ4v) is 4.43. The van der Waals surface area contributed by atoms with E-state index in [0.29, 0.717) is 25.0 Å². The van der Waals surface area contributed by atoms with E-state index in [-0.39, 0.29) is 12.1 Å². The van der Waals surface area contributed by atoms with Gasteiger partial charge in [-0.05, 0) is 55.0 Å². The zero-order valence-electron chi connectivity index (χ0n) is 21.0. The molecular weight excluding hydrogens is 446 g/mol. The highest BCUT2D eigenvalue weighted by Gasteiger charge is 2.22. The van der Waals surface area contributed by atoms with Gasteiger partial charge in [-0.3, -0.25) is 0 Å². The fraction of sp³-hybridized carbons (Fsp3) is 0.250. The Bertz CT molecular complexity index is 1240. The number of esters is 1. The Morgan fingerprint density at radius 2 is 1.64 bits per heavy atom. The molecule has 0 saturated carbocycles. The summed E-state index contributed by atoms with van der Waals surface area (Å²) in [5.41, 5.74) is 6.31. The molecule has 1 aliphatic heterocycles. The number of cyclic esters (lactones) is 1. The van der Waals surface area contributed by atoms with Gasteiger partial charge in [0.25, 0.3) is 0 Å². The number of fused-ring (bicyclic) bond motifs is 1. The molecule has 0 spiro atoms. The van der Waals surface area contributed by atoms with Gasteiger partial charge in [-0.2, -0.15) is 0 Å². The smallest absolute Gasteiger partial charge is 0.339 e. The number of rotatable bonds is 4. The first-order valence-electron chi connectivity index (χ1n) is 12.5. The van der Waals surface area contributed by atoms with Gasteiger partial charge in [0.05, 0.1) is 11.3 Å². The Hall–Kier alpha value is -3.92. The molecule has 4 rings (SSSR count). The van der Waals surface area contributed by atoms with Gasteiger partial charge < -0.3 is 9.57 Å². The van der Waals surface area contributed by atoms with Gasteiger partial charge in [0.15, 0.2) is 0 Å². The van der Waals surface area contributed by atoms with E-state index < -0.39 is 0 Å². The maximum atomic E-state index is 13.6. The largest absolute Gasteiger partial charge is 0.454 e. The van der Waals surface area contributed by atoms with Crippen LogP contribution in [0.1, 0.15) is 63.5 Å². The molecule has 0 aliphatic carbocycles. The van der Waals surface area contributed by atoms with E-state index in [9.17, 15) is 4.79 Å². The average molecular weight is 480 g/mol. The highest BCUT2D eigenvalue weighted by atomic mass is 16.6. The van der Waals surface area contributed by atoms with Crippen molar-refractivity contribution in [2.45, 2.75) is 52.2 Å². The second-order valence-electron chi connectivity index (χ2n) is 9.13. The first kappa shape index (κ1) is 25.2. The number of oxime groups is 1. The van der Waals surface area contributed by atoms with Crippen LogP contribution in [0.3, 0.4) is 0 Å². The van der Waals surface area contributed by atoms with Gasteiger partial charge in [0.1, 0.15) is 12.7 Å². The molecule has 0 fully saturated rings. The van der Waals surface area contributed by atoms with Crippen molar-refractivity contribution >= 4 is 11.7 Å². The van der Waals surface area contributed by atoms with Crippen molar-refractivity contribution in [1.82, 2.24) is 0 Å². The lowest BCUT2D eigenvalue weighted by Crippen LogP contribution is -2.16. The third-order valence-electron chi connectivity index (χ3n) is 6.14. The molecule has 1 atom stereocenters. The van der Waals surface area contributed by atoms with Crippen LogP contribution in [0.25, 0.3) is 0 Å². The van der Waals surface area contributed by atoms with E-state index in [1.54, 1.807) is 0 Å². The van der Waals surface area contributed by atoms with E-state index in [1.807, 2.05) is 92.7 Å². The molecule has 1 heterocycles. The van der Waals surface area contributed by atoms with Crippen LogP contribution in [0.2, 0.25) is 0 Å². The molecule has 0 saturated heterocycles. The lowest BCUT2D eigenvalue weighted by Gasteiger charge is -2.20. The van der Waals surface area contributed by atoms with Gasteiger partial charge in [0, 0.05) is 12.8 Å². The van der Waals surface area contributed by atoms with Crippen LogP contribution in [0.15, 0.2) is 102 Å². The molecule has 36 heavy (non-hydrogen) atoms. The van der Waals surface area contributed by atoms with E-state index in [1.165, 1.54) is 0 Å². The van der Waals surface area contributed by atoms with Crippen molar-refractivity contribution in [2.75, 3.05) is 0 Å². The number of carbonyl (C=O) groups is 1. The van der Waals surface area contributed by atoms with Gasteiger partial charge in [-0.1, -0.05) is 102 Å². The molecule has 0 bridgehead atoms. The van der Waals surface area contributed by atoms with E-state index in [2.05, 4.69) is 23.4 Å². The molecule has 0 amide bonds. The van der Waals surface area contributed by atoms with E-state index >= 15 is 0 Å². The van der Waals surface area contributed by atoms with Crippen LogP contribution in [0.4, 0.5) is 0 Å². The summed E-state index contributed by atoms with van der Waals surface area (Å²) >= 11 is 0. The SMILES string of the molecule is Cc1cc(C)c2c(c1)CC(=N/OCc1ccccc1)/C=C/CC/C=C/C[C@@H](c1ccccc1)OC2=O. The molecule has 3 aromatic carbocycles. The summed E-state index contributed by atoms with van der Waals surface area (Å²) in [6.07, 6.45) is 10.9. The summed E-state index contributed by atoms with van der Waals surface area (Å²) in [7, 11) is 0. The van der Waals surface area contributed by atoms with Crippen LogP contribution in [-0.2, 0) is 22.6 Å². The van der Waals surface area contributed by atoms with Gasteiger partial charge in [0.2, 0.25) is 0 Å². The third kappa shape index (κ3) is 7.05. The van der Waals surface area contributed by atoms with Crippen LogP contribution in [0, 0.1) is 13.8 Å². The summed E-state index contributed by atoms with van der Waals surface area (Å²) in [5.74, 6) is -0.310. The minimum atomic E-state index is -0.343. The van der Waals surface area contributed by atoms with Gasteiger partial charge in [-0.25, -0.2) is 4.79 Å². The number of carbonyl (C=O) groups excluding carboxylic acids is 1. The lowest BCUT2D eigenvalue weighted by atomic mass is 9.94. The number of allylic oxidation sites excluding steroid dienone is 3. The standard InChI is InChI=1S/C32H33NO3/c1-24-20-25(2)31-28(21-24)22-29(33-35-23-26-14-8-6-9-15-26)18-12-4-3-5-13-19-30(36-32(31)34)27-16-10-7-11-17-27/h5-18,20-21,30H,3-4,19,22-23H2,1-2H3/b13-5+,18-12+,33-29+/t30-/m0/s1. The van der Waals surface area contributed by atoms with Crippen molar-refractivity contribution in [3.8, 4) is 0 Å². The topological polar surface area (TPSA) is 47.9 Å². The van der Waals surface area contributed by atoms with Crippen LogP contribution >= 0.6 is 0 Å². The average Bonchev–Trinajstić information content (AvgIpc) is 2.87. The molecular formula is C32H33NO3. The van der Waals surface area contributed by atoms with Crippen LogP contribution < -0.4 is 0 Å². The lowest BCUT2D eigenvalue weighted by molar-refractivity contribution is 0.0301. The predicted molar refractivity (Wildman–Crippen MR) is 145 cm³/mol. The summed E-state index contributed by atoms with van der Waals surface area (Å²) in [6, 6.07) is 24.0. The second kappa shape index (κ2) is 12.7. The number of benzene rings is 3. The van der Waals surface area contributed by atoms with Crippen molar-refractivity contribution in [3.05, 3.63) is 130 Å². The van der Waals surface area contributed by atoms with Gasteiger partial charge in [-0.15, -0.1) is 0 Å². The molecule has 0 N–H and O–H groups in total. The molecule has 1 aliphatic rings. The maximum absolute atomic E-state index is 13.6. The zero-order chi connectivity index (χ0) is 25.2. The maximum Gasteiger partial charge on any atom is 0.339 e. The minimum absolute atomic E-state index is 0.310. The quantitative estimate of drug-likeness (QED) is 0.220. The monoisotopic (exact) mass is 479 g/mol. The fourth-order valence-electron chi connectivity index (χ4n) is 4.43. The van der Waals surface area contributed by atoms with Crippen molar-refractivity contribution in [1.29, 1.82) is 0 Å². The molecule has 4 heteroatoms. The summed E-state index contributed by atoms with van der Waals surface area (Å²) in [4.78, 5) is 19.3.